The van der Waals surface area contributed by atoms with E-state index in [1.165, 1.54) is 6.07 Å². The van der Waals surface area contributed by atoms with Crippen molar-refractivity contribution < 1.29 is 4.39 Å². The van der Waals surface area contributed by atoms with Crippen LogP contribution in [0.5, 0.6) is 0 Å². The van der Waals surface area contributed by atoms with Crippen LogP contribution < -0.4 is 11.3 Å². The van der Waals surface area contributed by atoms with E-state index in [2.05, 4.69) is 37.3 Å². The summed E-state index contributed by atoms with van der Waals surface area (Å²) < 4.78 is 16.1. The Bertz CT molecular complexity index is 601. The molecule has 5 heteroatoms. The lowest BCUT2D eigenvalue weighted by molar-refractivity contribution is 0.556. The zero-order valence-electron chi connectivity index (χ0n) is 11.2. The van der Waals surface area contributed by atoms with Crippen molar-refractivity contribution in [3.63, 3.8) is 0 Å². The van der Waals surface area contributed by atoms with Crippen molar-refractivity contribution in [2.75, 3.05) is 0 Å². The predicted molar refractivity (Wildman–Crippen MR) is 86.9 cm³/mol. The van der Waals surface area contributed by atoms with Gasteiger partial charge in [0.2, 0.25) is 0 Å². The Balaban J connectivity index is 2.58. The third kappa shape index (κ3) is 3.28. The number of benzene rings is 2. The molecule has 0 bridgehead atoms. The molecule has 0 amide bonds. The fourth-order valence-electron chi connectivity index (χ4n) is 2.38. The van der Waals surface area contributed by atoms with E-state index in [0.717, 1.165) is 25.6 Å². The van der Waals surface area contributed by atoms with Crippen LogP contribution in [0.3, 0.4) is 0 Å². The van der Waals surface area contributed by atoms with Gasteiger partial charge in [-0.3, -0.25) is 5.84 Å². The third-order valence-corrected chi connectivity index (χ3v) is 4.07. The molecule has 0 aromatic heterocycles. The van der Waals surface area contributed by atoms with Gasteiger partial charge in [0.1, 0.15) is 5.82 Å². The van der Waals surface area contributed by atoms with Crippen LogP contribution in [-0.2, 0) is 0 Å². The van der Waals surface area contributed by atoms with E-state index in [1.807, 2.05) is 38.1 Å². The fourth-order valence-corrected chi connectivity index (χ4v) is 3.71. The lowest BCUT2D eigenvalue weighted by Gasteiger charge is -2.21. The molecule has 1 unspecified atom stereocenters. The molecule has 2 rings (SSSR count). The molecule has 106 valence electrons. The fraction of sp³-hybridized carbons (Fsp3) is 0.200. The lowest BCUT2D eigenvalue weighted by Crippen LogP contribution is -2.30. The molecule has 0 saturated carbocycles. The van der Waals surface area contributed by atoms with Gasteiger partial charge in [-0.2, -0.15) is 0 Å². The summed E-state index contributed by atoms with van der Waals surface area (Å²) in [6.45, 7) is 3.77. The van der Waals surface area contributed by atoms with Crippen molar-refractivity contribution in [2.45, 2.75) is 19.9 Å². The number of hydrogen-bond acceptors (Lipinski definition) is 2. The summed E-state index contributed by atoms with van der Waals surface area (Å²) >= 11 is 6.88. The lowest BCUT2D eigenvalue weighted by atomic mass is 9.94. The summed E-state index contributed by atoms with van der Waals surface area (Å²) in [6, 6.07) is 8.86. The first-order valence-corrected chi connectivity index (χ1v) is 7.69. The van der Waals surface area contributed by atoms with Crippen molar-refractivity contribution in [3.8, 4) is 0 Å². The molecule has 0 aliphatic heterocycles. The third-order valence-electron chi connectivity index (χ3n) is 3.15. The molecule has 0 spiro atoms. The van der Waals surface area contributed by atoms with Crippen molar-refractivity contribution in [3.05, 3.63) is 67.3 Å². The molecule has 20 heavy (non-hydrogen) atoms. The van der Waals surface area contributed by atoms with Gasteiger partial charge in [-0.05, 0) is 54.8 Å². The maximum atomic E-state index is 14.3. The van der Waals surface area contributed by atoms with Crippen molar-refractivity contribution in [1.82, 2.24) is 5.43 Å². The molecule has 2 nitrogen and oxygen atoms in total. The highest BCUT2D eigenvalue weighted by Gasteiger charge is 2.20. The first-order chi connectivity index (χ1) is 9.42. The molecule has 0 aliphatic rings. The Morgan fingerprint density at radius 1 is 1.05 bits per heavy atom. The van der Waals surface area contributed by atoms with E-state index >= 15 is 0 Å². The maximum Gasteiger partial charge on any atom is 0.128 e. The smallest absolute Gasteiger partial charge is 0.128 e. The molecule has 3 N–H and O–H groups in total. The van der Waals surface area contributed by atoms with Gasteiger partial charge >= 0.3 is 0 Å². The highest BCUT2D eigenvalue weighted by molar-refractivity contribution is 9.11. The van der Waals surface area contributed by atoms with Gasteiger partial charge in [-0.1, -0.05) is 37.9 Å². The number of halogens is 3. The number of aryl methyl sites for hydroxylation is 2. The van der Waals surface area contributed by atoms with E-state index < -0.39 is 6.04 Å². The van der Waals surface area contributed by atoms with Crippen LogP contribution in [0.25, 0.3) is 0 Å². The van der Waals surface area contributed by atoms with Crippen molar-refractivity contribution >= 4 is 31.9 Å². The summed E-state index contributed by atoms with van der Waals surface area (Å²) in [5.41, 5.74) is 5.94. The van der Waals surface area contributed by atoms with Gasteiger partial charge in [0.05, 0.1) is 6.04 Å². The second-order valence-corrected chi connectivity index (χ2v) is 6.61. The Morgan fingerprint density at radius 3 is 2.15 bits per heavy atom. The Labute approximate surface area is 134 Å². The minimum absolute atomic E-state index is 0.249. The van der Waals surface area contributed by atoms with E-state index in [0.29, 0.717) is 5.56 Å². The Kier molecular flexibility index (Phi) is 4.96. The first kappa shape index (κ1) is 15.6. The van der Waals surface area contributed by atoms with E-state index in [4.69, 9.17) is 5.84 Å². The highest BCUT2D eigenvalue weighted by atomic mass is 79.9. The number of hydrogen-bond donors (Lipinski definition) is 2. The summed E-state index contributed by atoms with van der Waals surface area (Å²) in [5.74, 6) is 5.42. The van der Waals surface area contributed by atoms with Gasteiger partial charge in [-0.15, -0.1) is 0 Å². The normalized spacial score (nSPS) is 12.5. The van der Waals surface area contributed by atoms with Gasteiger partial charge in [0, 0.05) is 14.5 Å². The number of nitrogens with one attached hydrogen (secondary N) is 1. The predicted octanol–water partition coefficient (Wildman–Crippen LogP) is 4.52. The second-order valence-electron chi connectivity index (χ2n) is 4.78. The number of nitrogens with two attached hydrogens (primary N) is 1. The van der Waals surface area contributed by atoms with Gasteiger partial charge in [-0.25, -0.2) is 9.82 Å². The van der Waals surface area contributed by atoms with Crippen LogP contribution in [-0.4, -0.2) is 0 Å². The molecule has 1 atom stereocenters. The van der Waals surface area contributed by atoms with Gasteiger partial charge in [0.25, 0.3) is 0 Å². The maximum absolute atomic E-state index is 14.3. The van der Waals surface area contributed by atoms with Gasteiger partial charge < -0.3 is 0 Å². The minimum atomic E-state index is -0.399. The Hall–Kier alpha value is -0.750. The van der Waals surface area contributed by atoms with Crippen molar-refractivity contribution in [2.24, 2.45) is 5.84 Å². The first-order valence-electron chi connectivity index (χ1n) is 6.11. The average Bonchev–Trinajstić information content (AvgIpc) is 2.32. The number of hydrazine groups is 1. The largest absolute Gasteiger partial charge is 0.271 e. The van der Waals surface area contributed by atoms with Crippen molar-refractivity contribution in [1.29, 1.82) is 0 Å². The van der Waals surface area contributed by atoms with Crippen LogP contribution in [0.2, 0.25) is 0 Å². The summed E-state index contributed by atoms with van der Waals surface area (Å²) in [5, 5.41) is 0. The van der Waals surface area contributed by atoms with Gasteiger partial charge in [0.15, 0.2) is 0 Å². The molecule has 2 aromatic rings. The van der Waals surface area contributed by atoms with Crippen LogP contribution in [0.15, 0.2) is 39.3 Å². The topological polar surface area (TPSA) is 38.0 Å². The zero-order valence-corrected chi connectivity index (χ0v) is 14.3. The second kappa shape index (κ2) is 6.35. The molecule has 0 aliphatic carbocycles. The average molecular weight is 402 g/mol. The monoisotopic (exact) mass is 400 g/mol. The Morgan fingerprint density at radius 2 is 1.65 bits per heavy atom. The summed E-state index contributed by atoms with van der Waals surface area (Å²) in [4.78, 5) is 0. The van der Waals surface area contributed by atoms with Crippen LogP contribution in [0.4, 0.5) is 4.39 Å². The zero-order chi connectivity index (χ0) is 14.9. The standard InChI is InChI=1S/C15H15Br2FN2/c1-8-3-9(2)14(13(18)4-8)15(20-19)10-5-11(16)7-12(17)6-10/h3-7,15,20H,19H2,1-2H3. The summed E-state index contributed by atoms with van der Waals surface area (Å²) in [6.07, 6.45) is 0. The van der Waals surface area contributed by atoms with E-state index in [9.17, 15) is 4.39 Å². The molecule has 0 fully saturated rings. The van der Waals surface area contributed by atoms with E-state index in [-0.39, 0.29) is 5.82 Å². The SMILES string of the molecule is Cc1cc(C)c(C(NN)c2cc(Br)cc(Br)c2)c(F)c1. The summed E-state index contributed by atoms with van der Waals surface area (Å²) in [7, 11) is 0. The van der Waals surface area contributed by atoms with Crippen LogP contribution in [0.1, 0.15) is 28.3 Å². The molecule has 0 radical (unpaired) electrons. The number of rotatable bonds is 3. The van der Waals surface area contributed by atoms with E-state index in [1.54, 1.807) is 0 Å². The molecule has 2 aromatic carbocycles. The highest BCUT2D eigenvalue weighted by Crippen LogP contribution is 2.31. The molecule has 0 heterocycles. The molecule has 0 saturated heterocycles. The molecular weight excluding hydrogens is 387 g/mol. The quantitative estimate of drug-likeness (QED) is 0.586. The van der Waals surface area contributed by atoms with Crippen LogP contribution >= 0.6 is 31.9 Å². The van der Waals surface area contributed by atoms with Crippen LogP contribution in [0, 0.1) is 19.7 Å². The molecular formula is C15H15Br2FN2. The minimum Gasteiger partial charge on any atom is -0.271 e.